The fraction of sp³-hybridized carbons (Fsp3) is 0.867. The summed E-state index contributed by atoms with van der Waals surface area (Å²) in [5, 5.41) is 23.1. The number of esters is 1. The van der Waals surface area contributed by atoms with Gasteiger partial charge >= 0.3 is 5.97 Å². The Labute approximate surface area is 411 Å². The highest BCUT2D eigenvalue weighted by molar-refractivity contribution is 5.76. The molecule has 0 radical (unpaired) electrons. The monoisotopic (exact) mass is 928 g/mol. The molecule has 1 amide bonds. The van der Waals surface area contributed by atoms with Crippen molar-refractivity contribution in [2.24, 2.45) is 0 Å². The quantitative estimate of drug-likeness (QED) is 0.0321. The molecule has 0 saturated heterocycles. The first-order valence-electron chi connectivity index (χ1n) is 29.3. The predicted molar refractivity (Wildman–Crippen MR) is 287 cm³/mol. The number of rotatable bonds is 54. The highest BCUT2D eigenvalue weighted by Gasteiger charge is 2.18. The average molecular weight is 929 g/mol. The number of hydrogen-bond acceptors (Lipinski definition) is 5. The molecule has 0 aromatic heterocycles. The molecule has 0 fully saturated rings. The molecule has 6 heteroatoms. The van der Waals surface area contributed by atoms with Crippen LogP contribution in [0.2, 0.25) is 0 Å². The Morgan fingerprint density at radius 2 is 0.758 bits per heavy atom. The van der Waals surface area contributed by atoms with E-state index in [1.807, 2.05) is 6.08 Å². The highest BCUT2D eigenvalue weighted by Crippen LogP contribution is 2.17. The van der Waals surface area contributed by atoms with Crippen LogP contribution in [-0.2, 0) is 14.3 Å². The minimum Gasteiger partial charge on any atom is -0.466 e. The zero-order chi connectivity index (χ0) is 47.9. The Hall–Kier alpha value is -1.92. The number of aliphatic hydroxyl groups is 2. The number of ether oxygens (including phenoxy) is 1. The van der Waals surface area contributed by atoms with Gasteiger partial charge in [0.25, 0.3) is 0 Å². The Kier molecular flexibility index (Phi) is 54.1. The van der Waals surface area contributed by atoms with Crippen LogP contribution in [0.1, 0.15) is 309 Å². The van der Waals surface area contributed by atoms with Gasteiger partial charge in [-0.15, -0.1) is 0 Å². The Bertz CT molecular complexity index is 1070. The van der Waals surface area contributed by atoms with Gasteiger partial charge in [-0.25, -0.2) is 0 Å². The van der Waals surface area contributed by atoms with Crippen molar-refractivity contribution in [2.45, 2.75) is 321 Å². The highest BCUT2D eigenvalue weighted by atomic mass is 16.5. The predicted octanol–water partition coefficient (Wildman–Crippen LogP) is 18.0. The maximum atomic E-state index is 12.5. The van der Waals surface area contributed by atoms with Gasteiger partial charge in [-0.3, -0.25) is 9.59 Å². The number of nitrogens with one attached hydrogen (secondary N) is 1. The molecule has 0 bridgehead atoms. The molecule has 0 aromatic rings. The summed E-state index contributed by atoms with van der Waals surface area (Å²) in [6.45, 7) is 4.88. The van der Waals surface area contributed by atoms with Crippen LogP contribution in [0.25, 0.3) is 0 Å². The summed E-state index contributed by atoms with van der Waals surface area (Å²) in [5.74, 6) is -0.0818. The van der Waals surface area contributed by atoms with Crippen LogP contribution in [0.3, 0.4) is 0 Å². The van der Waals surface area contributed by atoms with E-state index in [4.69, 9.17) is 4.74 Å². The lowest BCUT2D eigenvalue weighted by Crippen LogP contribution is -2.45. The van der Waals surface area contributed by atoms with Gasteiger partial charge in [0.05, 0.1) is 25.4 Å². The molecule has 2 unspecified atom stereocenters. The topological polar surface area (TPSA) is 95.9 Å². The molecule has 0 aliphatic carbocycles. The summed E-state index contributed by atoms with van der Waals surface area (Å²) in [6, 6.07) is -0.633. The second-order valence-electron chi connectivity index (χ2n) is 20.0. The number of carbonyl (C=O) groups excluding carboxylic acids is 2. The van der Waals surface area contributed by atoms with Crippen LogP contribution in [0, 0.1) is 0 Å². The molecule has 0 rings (SSSR count). The summed E-state index contributed by atoms with van der Waals surface area (Å²) in [5.41, 5.74) is 0. The second-order valence-corrected chi connectivity index (χ2v) is 20.0. The van der Waals surface area contributed by atoms with Gasteiger partial charge < -0.3 is 20.3 Å². The summed E-state index contributed by atoms with van der Waals surface area (Å²) in [6.07, 6.45) is 68.7. The number of aliphatic hydroxyl groups excluding tert-OH is 2. The lowest BCUT2D eigenvalue weighted by Gasteiger charge is -2.20. The summed E-state index contributed by atoms with van der Waals surface area (Å²) >= 11 is 0. The van der Waals surface area contributed by atoms with E-state index in [2.05, 4.69) is 43.5 Å². The lowest BCUT2D eigenvalue weighted by molar-refractivity contribution is -0.143. The molecule has 3 N–H and O–H groups in total. The zero-order valence-electron chi connectivity index (χ0n) is 44.2. The lowest BCUT2D eigenvalue weighted by atomic mass is 10.0. The molecule has 0 aromatic carbocycles. The smallest absolute Gasteiger partial charge is 0.305 e. The van der Waals surface area contributed by atoms with Gasteiger partial charge in [0.15, 0.2) is 0 Å². The third-order valence-corrected chi connectivity index (χ3v) is 13.4. The molecule has 66 heavy (non-hydrogen) atoms. The van der Waals surface area contributed by atoms with Crippen LogP contribution in [-0.4, -0.2) is 47.4 Å². The molecule has 0 heterocycles. The van der Waals surface area contributed by atoms with Gasteiger partial charge in [0.2, 0.25) is 5.91 Å². The number of amides is 1. The van der Waals surface area contributed by atoms with Crippen LogP contribution in [0.4, 0.5) is 0 Å². The summed E-state index contributed by atoms with van der Waals surface area (Å²) < 4.78 is 5.47. The van der Waals surface area contributed by atoms with Crippen LogP contribution >= 0.6 is 0 Å². The van der Waals surface area contributed by atoms with E-state index in [9.17, 15) is 19.8 Å². The number of carbonyl (C=O) groups is 2. The molecule has 0 aliphatic rings. The van der Waals surface area contributed by atoms with Crippen molar-refractivity contribution < 1.29 is 24.5 Å². The third-order valence-electron chi connectivity index (χ3n) is 13.4. The Morgan fingerprint density at radius 1 is 0.424 bits per heavy atom. The fourth-order valence-electron chi connectivity index (χ4n) is 8.90. The van der Waals surface area contributed by atoms with E-state index < -0.39 is 12.1 Å². The normalized spacial score (nSPS) is 12.8. The first-order chi connectivity index (χ1) is 32.5. The summed E-state index contributed by atoms with van der Waals surface area (Å²) in [4.78, 5) is 24.5. The zero-order valence-corrected chi connectivity index (χ0v) is 44.2. The van der Waals surface area contributed by atoms with Crippen molar-refractivity contribution in [1.29, 1.82) is 0 Å². The van der Waals surface area contributed by atoms with Crippen molar-refractivity contribution in [3.8, 4) is 0 Å². The van der Waals surface area contributed by atoms with Gasteiger partial charge in [-0.05, 0) is 64.2 Å². The average Bonchev–Trinajstić information content (AvgIpc) is 3.32. The Morgan fingerprint density at radius 3 is 1.17 bits per heavy atom. The number of hydrogen-bond donors (Lipinski definition) is 3. The minimum atomic E-state index is -0.849. The molecule has 2 atom stereocenters. The first kappa shape index (κ1) is 64.1. The van der Waals surface area contributed by atoms with E-state index in [-0.39, 0.29) is 18.5 Å². The van der Waals surface area contributed by atoms with E-state index in [1.165, 1.54) is 231 Å². The fourth-order valence-corrected chi connectivity index (χ4v) is 8.90. The standard InChI is InChI=1S/C60H113NO5/c1-3-5-7-9-11-13-15-17-19-24-28-32-36-40-44-48-52-58(63)57(56-62)61-59(64)53-49-45-41-37-33-29-25-22-21-23-27-31-35-39-43-47-51-55-66-60(65)54-50-46-42-38-34-30-26-20-18-16-14-12-10-8-6-4-2/h14,16,20,26,48,52,57-58,62-63H,3-13,15,17-19,21-25,27-47,49-51,53-56H2,1-2H3,(H,61,64)/b16-14-,26-20-,52-48+. The SMILES string of the molecule is CCCCCC/C=C\C/C=C\CCCCCCCC(=O)OCCCCCCCCCCCCCCCCCCCC(=O)NC(CO)C(O)/C=C/CCCCCCCCCCCCCCCC. The minimum absolute atomic E-state index is 0.00906. The van der Waals surface area contributed by atoms with E-state index in [1.54, 1.807) is 6.08 Å². The van der Waals surface area contributed by atoms with Crippen molar-refractivity contribution >= 4 is 11.9 Å². The number of unbranched alkanes of at least 4 members (excludes halogenated alkanes) is 39. The largest absolute Gasteiger partial charge is 0.466 e. The van der Waals surface area contributed by atoms with Crippen molar-refractivity contribution in [3.63, 3.8) is 0 Å². The molecular formula is C60H113NO5. The van der Waals surface area contributed by atoms with E-state index in [0.717, 1.165) is 51.4 Å². The van der Waals surface area contributed by atoms with E-state index in [0.29, 0.717) is 19.4 Å². The number of allylic oxidation sites excluding steroid dienone is 5. The first-order valence-corrected chi connectivity index (χ1v) is 29.3. The van der Waals surface area contributed by atoms with Crippen molar-refractivity contribution in [1.82, 2.24) is 5.32 Å². The Balaban J connectivity index is 3.45. The summed E-state index contributed by atoms with van der Waals surface area (Å²) in [7, 11) is 0. The maximum absolute atomic E-state index is 12.5. The molecule has 0 saturated carbocycles. The molecule has 0 aliphatic heterocycles. The van der Waals surface area contributed by atoms with Crippen molar-refractivity contribution in [3.05, 3.63) is 36.5 Å². The van der Waals surface area contributed by atoms with Crippen LogP contribution < -0.4 is 5.32 Å². The van der Waals surface area contributed by atoms with Gasteiger partial charge in [0, 0.05) is 12.8 Å². The maximum Gasteiger partial charge on any atom is 0.305 e. The molecule has 6 nitrogen and oxygen atoms in total. The molecule has 388 valence electrons. The van der Waals surface area contributed by atoms with Gasteiger partial charge in [0.1, 0.15) is 0 Å². The van der Waals surface area contributed by atoms with Gasteiger partial charge in [-0.2, -0.15) is 0 Å². The molecule has 0 spiro atoms. The molecular weight excluding hydrogens is 815 g/mol. The van der Waals surface area contributed by atoms with E-state index >= 15 is 0 Å². The van der Waals surface area contributed by atoms with Crippen LogP contribution in [0.15, 0.2) is 36.5 Å². The van der Waals surface area contributed by atoms with Gasteiger partial charge in [-0.1, -0.05) is 269 Å². The van der Waals surface area contributed by atoms with Crippen LogP contribution in [0.5, 0.6) is 0 Å². The second kappa shape index (κ2) is 55.7. The third kappa shape index (κ3) is 51.5. The van der Waals surface area contributed by atoms with Crippen molar-refractivity contribution in [2.75, 3.05) is 13.2 Å².